The lowest BCUT2D eigenvalue weighted by Crippen LogP contribution is -2.45. The molecule has 5 heteroatoms. The first kappa shape index (κ1) is 17.8. The molecule has 2 amide bonds. The number of carbonyl (C=O) groups is 2. The Balaban J connectivity index is 2.50. The van der Waals surface area contributed by atoms with Gasteiger partial charge in [0.05, 0.1) is 5.92 Å². The molecule has 0 aromatic carbocycles. The van der Waals surface area contributed by atoms with Crippen LogP contribution in [0.4, 0.5) is 4.79 Å². The maximum atomic E-state index is 12.3. The number of carbonyl (C=O) groups excluding carboxylic acids is 1. The molecule has 122 valence electrons. The third kappa shape index (κ3) is 5.94. The van der Waals surface area contributed by atoms with Crippen molar-refractivity contribution in [1.29, 1.82) is 0 Å². The number of carboxylic acid groups (broad SMARTS) is 1. The van der Waals surface area contributed by atoms with E-state index in [9.17, 15) is 14.7 Å². The van der Waals surface area contributed by atoms with Gasteiger partial charge in [-0.2, -0.15) is 0 Å². The van der Waals surface area contributed by atoms with E-state index >= 15 is 0 Å². The van der Waals surface area contributed by atoms with Crippen LogP contribution in [0.2, 0.25) is 0 Å². The number of nitrogens with one attached hydrogen (secondary N) is 1. The molecule has 2 N–H and O–H groups in total. The summed E-state index contributed by atoms with van der Waals surface area (Å²) in [5.74, 6) is -0.103. The number of carboxylic acids is 1. The van der Waals surface area contributed by atoms with Crippen LogP contribution in [0.1, 0.15) is 47.0 Å². The molecule has 0 saturated heterocycles. The highest BCUT2D eigenvalue weighted by Crippen LogP contribution is 2.31. The smallest absolute Gasteiger partial charge is 0.317 e. The second-order valence-electron chi connectivity index (χ2n) is 7.01. The van der Waals surface area contributed by atoms with Crippen LogP contribution < -0.4 is 5.32 Å². The Labute approximate surface area is 128 Å². The SMILES string of the molecule is CC(C)CN(CC(C)C)C(=O)NCC1CCCC1C(=O)O. The summed E-state index contributed by atoms with van der Waals surface area (Å²) >= 11 is 0. The van der Waals surface area contributed by atoms with E-state index in [1.807, 2.05) is 4.90 Å². The Kier molecular flexibility index (Phi) is 6.99. The summed E-state index contributed by atoms with van der Waals surface area (Å²) in [6.45, 7) is 10.3. The molecule has 2 atom stereocenters. The molecule has 1 aliphatic rings. The van der Waals surface area contributed by atoms with Crippen molar-refractivity contribution in [2.75, 3.05) is 19.6 Å². The monoisotopic (exact) mass is 298 g/mol. The van der Waals surface area contributed by atoms with Crippen LogP contribution in [-0.4, -0.2) is 41.6 Å². The van der Waals surface area contributed by atoms with Crippen LogP contribution in [0.25, 0.3) is 0 Å². The molecule has 1 rings (SSSR count). The highest BCUT2D eigenvalue weighted by atomic mass is 16.4. The van der Waals surface area contributed by atoms with Crippen molar-refractivity contribution >= 4 is 12.0 Å². The Bertz CT molecular complexity index is 345. The van der Waals surface area contributed by atoms with E-state index < -0.39 is 5.97 Å². The van der Waals surface area contributed by atoms with Gasteiger partial charge in [0, 0.05) is 19.6 Å². The second kappa shape index (κ2) is 8.25. The number of hydrogen-bond acceptors (Lipinski definition) is 2. The average Bonchev–Trinajstić information content (AvgIpc) is 2.82. The summed E-state index contributed by atoms with van der Waals surface area (Å²) in [6, 6.07) is -0.0616. The van der Waals surface area contributed by atoms with Crippen molar-refractivity contribution in [1.82, 2.24) is 10.2 Å². The summed E-state index contributed by atoms with van der Waals surface area (Å²) in [6.07, 6.45) is 2.57. The zero-order valence-corrected chi connectivity index (χ0v) is 13.8. The van der Waals surface area contributed by atoms with E-state index in [0.29, 0.717) is 18.4 Å². The molecule has 1 fully saturated rings. The Morgan fingerprint density at radius 2 is 1.71 bits per heavy atom. The molecule has 5 nitrogen and oxygen atoms in total. The van der Waals surface area contributed by atoms with Gasteiger partial charge in [-0.05, 0) is 30.6 Å². The Morgan fingerprint density at radius 1 is 1.14 bits per heavy atom. The lowest BCUT2D eigenvalue weighted by Gasteiger charge is -2.27. The topological polar surface area (TPSA) is 69.6 Å². The molecule has 0 aromatic heterocycles. The Morgan fingerprint density at radius 3 is 2.19 bits per heavy atom. The van der Waals surface area contributed by atoms with Crippen molar-refractivity contribution in [3.8, 4) is 0 Å². The maximum absolute atomic E-state index is 12.3. The molecular weight excluding hydrogens is 268 g/mol. The summed E-state index contributed by atoms with van der Waals surface area (Å²) in [7, 11) is 0. The van der Waals surface area contributed by atoms with Crippen molar-refractivity contribution in [3.05, 3.63) is 0 Å². The number of amides is 2. The highest BCUT2D eigenvalue weighted by molar-refractivity contribution is 5.74. The van der Waals surface area contributed by atoms with E-state index in [2.05, 4.69) is 33.0 Å². The van der Waals surface area contributed by atoms with Crippen molar-refractivity contribution in [3.63, 3.8) is 0 Å². The fourth-order valence-corrected chi connectivity index (χ4v) is 3.06. The number of hydrogen-bond donors (Lipinski definition) is 2. The van der Waals surface area contributed by atoms with Crippen LogP contribution in [0, 0.1) is 23.7 Å². The quantitative estimate of drug-likeness (QED) is 0.759. The molecule has 0 aromatic rings. The number of urea groups is 1. The molecule has 2 unspecified atom stereocenters. The first-order chi connectivity index (χ1) is 9.81. The minimum absolute atomic E-state index is 0.0616. The first-order valence-electron chi connectivity index (χ1n) is 8.06. The van der Waals surface area contributed by atoms with E-state index in [1.165, 1.54) is 0 Å². The predicted octanol–water partition coefficient (Wildman–Crippen LogP) is 2.81. The summed E-state index contributed by atoms with van der Waals surface area (Å²) < 4.78 is 0. The zero-order valence-electron chi connectivity index (χ0n) is 13.8. The molecular formula is C16H30N2O3. The fourth-order valence-electron chi connectivity index (χ4n) is 3.06. The minimum Gasteiger partial charge on any atom is -0.481 e. The predicted molar refractivity (Wildman–Crippen MR) is 83.1 cm³/mol. The van der Waals surface area contributed by atoms with Gasteiger partial charge in [-0.3, -0.25) is 4.79 Å². The van der Waals surface area contributed by atoms with Crippen LogP contribution >= 0.6 is 0 Å². The molecule has 0 spiro atoms. The third-order valence-corrected chi connectivity index (χ3v) is 3.95. The van der Waals surface area contributed by atoms with Crippen LogP contribution in [0.15, 0.2) is 0 Å². The molecule has 0 bridgehead atoms. The number of aliphatic carboxylic acids is 1. The maximum Gasteiger partial charge on any atom is 0.317 e. The molecule has 1 aliphatic carbocycles. The molecule has 0 aliphatic heterocycles. The van der Waals surface area contributed by atoms with Gasteiger partial charge in [0.1, 0.15) is 0 Å². The van der Waals surface area contributed by atoms with Gasteiger partial charge in [0.25, 0.3) is 0 Å². The van der Waals surface area contributed by atoms with E-state index in [0.717, 1.165) is 32.4 Å². The first-order valence-corrected chi connectivity index (χ1v) is 8.06. The van der Waals surface area contributed by atoms with Gasteiger partial charge in [-0.25, -0.2) is 4.79 Å². The van der Waals surface area contributed by atoms with E-state index in [-0.39, 0.29) is 17.9 Å². The zero-order chi connectivity index (χ0) is 16.0. The van der Waals surface area contributed by atoms with Gasteiger partial charge in [-0.15, -0.1) is 0 Å². The number of rotatable bonds is 7. The largest absolute Gasteiger partial charge is 0.481 e. The normalized spacial score (nSPS) is 21.8. The van der Waals surface area contributed by atoms with E-state index in [1.54, 1.807) is 0 Å². The van der Waals surface area contributed by atoms with Gasteiger partial charge >= 0.3 is 12.0 Å². The fraction of sp³-hybridized carbons (Fsp3) is 0.875. The highest BCUT2D eigenvalue weighted by Gasteiger charge is 2.33. The van der Waals surface area contributed by atoms with Gasteiger partial charge in [-0.1, -0.05) is 34.1 Å². The van der Waals surface area contributed by atoms with Crippen molar-refractivity contribution < 1.29 is 14.7 Å². The van der Waals surface area contributed by atoms with Crippen molar-refractivity contribution in [2.24, 2.45) is 23.7 Å². The molecule has 21 heavy (non-hydrogen) atoms. The average molecular weight is 298 g/mol. The van der Waals surface area contributed by atoms with Gasteiger partial charge < -0.3 is 15.3 Å². The molecule has 0 heterocycles. The van der Waals surface area contributed by atoms with Gasteiger partial charge in [0.15, 0.2) is 0 Å². The number of nitrogens with zero attached hydrogens (tertiary/aromatic N) is 1. The van der Waals surface area contributed by atoms with Crippen LogP contribution in [-0.2, 0) is 4.79 Å². The van der Waals surface area contributed by atoms with Crippen LogP contribution in [0.3, 0.4) is 0 Å². The van der Waals surface area contributed by atoms with E-state index in [4.69, 9.17) is 0 Å². The lowest BCUT2D eigenvalue weighted by molar-refractivity contribution is -0.142. The summed E-state index contributed by atoms with van der Waals surface area (Å²) in [5.41, 5.74) is 0. The standard InChI is InChI=1S/C16H30N2O3/c1-11(2)9-18(10-12(3)4)16(21)17-8-13-6-5-7-14(13)15(19)20/h11-14H,5-10H2,1-4H3,(H,17,21)(H,19,20). The van der Waals surface area contributed by atoms with Crippen LogP contribution in [0.5, 0.6) is 0 Å². The van der Waals surface area contributed by atoms with Gasteiger partial charge in [0.2, 0.25) is 0 Å². The third-order valence-electron chi connectivity index (χ3n) is 3.95. The Hall–Kier alpha value is -1.26. The molecule has 0 radical (unpaired) electrons. The van der Waals surface area contributed by atoms with Crippen molar-refractivity contribution in [2.45, 2.75) is 47.0 Å². The molecule has 1 saturated carbocycles. The minimum atomic E-state index is -0.729. The summed E-state index contributed by atoms with van der Waals surface area (Å²) in [4.78, 5) is 25.3. The summed E-state index contributed by atoms with van der Waals surface area (Å²) in [5, 5.41) is 12.1. The lowest BCUT2D eigenvalue weighted by atomic mass is 9.96. The second-order valence-corrected chi connectivity index (χ2v) is 7.01.